The van der Waals surface area contributed by atoms with Gasteiger partial charge in [0.2, 0.25) is 0 Å². The molecule has 10 aromatic carbocycles. The number of halogens is 2. The Morgan fingerprint density at radius 3 is 0.891 bits per heavy atom. The van der Waals surface area contributed by atoms with Crippen molar-refractivity contribution in [1.29, 1.82) is 0 Å². The van der Waals surface area contributed by atoms with Gasteiger partial charge in [-0.3, -0.25) is 0 Å². The Bertz CT molecular complexity index is 2600. The number of aryl methyl sites for hydroxylation is 4. The molecule has 10 aromatic rings. The molecule has 0 nitrogen and oxygen atoms in total. The van der Waals surface area contributed by atoms with E-state index in [0.29, 0.717) is 0 Å². The summed E-state index contributed by atoms with van der Waals surface area (Å²) in [6, 6.07) is 83.1. The molecule has 0 spiro atoms. The van der Waals surface area contributed by atoms with Crippen LogP contribution in [0.25, 0.3) is 66.1 Å². The van der Waals surface area contributed by atoms with Gasteiger partial charge in [-0.1, -0.05) is 240 Å². The minimum atomic E-state index is 0. The van der Waals surface area contributed by atoms with Crippen LogP contribution < -0.4 is 24.8 Å². The fraction of sp³-hybridized carbons (Fsp3) is 0.100. The largest absolute Gasteiger partial charge is 1.00 e. The van der Waals surface area contributed by atoms with Crippen molar-refractivity contribution in [2.24, 2.45) is 0 Å². The van der Waals surface area contributed by atoms with E-state index >= 15 is 0 Å². The van der Waals surface area contributed by atoms with Crippen molar-refractivity contribution in [1.82, 2.24) is 0 Å². The number of hydrogen-bond donors (Lipinski definition) is 0. The van der Waals surface area contributed by atoms with Gasteiger partial charge in [0.15, 0.2) is 0 Å². The second-order valence-corrected chi connectivity index (χ2v) is 25.5. The van der Waals surface area contributed by atoms with E-state index in [1.54, 1.807) is 23.3 Å². The average Bonchev–Trinajstić information content (AvgIpc) is 3.97. The van der Waals surface area contributed by atoms with Crippen molar-refractivity contribution in [3.63, 3.8) is 0 Å². The number of fused-ring (bicyclic) bond motifs is 2. The Hall–Kier alpha value is -5.34. The number of rotatable bonds is 10. The van der Waals surface area contributed by atoms with Crippen LogP contribution in [0.3, 0.4) is 0 Å². The van der Waals surface area contributed by atoms with Gasteiger partial charge in [-0.15, -0.1) is 44.8 Å². The van der Waals surface area contributed by atoms with Gasteiger partial charge in [-0.05, 0) is 47.9 Å². The summed E-state index contributed by atoms with van der Waals surface area (Å²) in [5.41, 5.74) is 16.2. The molecular formula is C60H52Cl2SiZr-2. The van der Waals surface area contributed by atoms with Crippen molar-refractivity contribution >= 4 is 27.0 Å². The molecule has 0 aliphatic carbocycles. The quantitative estimate of drug-likeness (QED) is 0.0947. The molecular weight excluding hydrogens is 911 g/mol. The molecule has 0 bridgehead atoms. The van der Waals surface area contributed by atoms with Crippen molar-refractivity contribution < 1.29 is 48.1 Å². The molecule has 0 fully saturated rings. The average molecular weight is 963 g/mol. The van der Waals surface area contributed by atoms with Gasteiger partial charge in [0.05, 0.1) is 0 Å². The third-order valence-electron chi connectivity index (χ3n) is 11.3. The normalized spacial score (nSPS) is 10.4. The van der Waals surface area contributed by atoms with E-state index in [0.717, 1.165) is 25.7 Å². The maximum Gasteiger partial charge on any atom is -0.0254 e. The van der Waals surface area contributed by atoms with Crippen molar-refractivity contribution in [2.75, 3.05) is 0 Å². The first kappa shape index (κ1) is 48.1. The molecule has 0 unspecified atom stereocenters. The van der Waals surface area contributed by atoms with Gasteiger partial charge < -0.3 is 24.8 Å². The molecule has 64 heavy (non-hydrogen) atoms. The molecule has 0 heterocycles. The van der Waals surface area contributed by atoms with E-state index in [1.807, 2.05) is 0 Å². The molecule has 0 saturated carbocycles. The van der Waals surface area contributed by atoms with Crippen LogP contribution in [0.4, 0.5) is 0 Å². The molecule has 316 valence electrons. The summed E-state index contributed by atoms with van der Waals surface area (Å²) in [6.45, 7) is 4.62. The summed E-state index contributed by atoms with van der Waals surface area (Å²) in [7, 11) is 0. The summed E-state index contributed by atoms with van der Waals surface area (Å²) in [5, 5.41) is 5.39. The first-order valence-electron chi connectivity index (χ1n) is 21.8. The van der Waals surface area contributed by atoms with Crippen LogP contribution in [0.2, 0.25) is 13.1 Å². The SMILES string of the molecule is C[Si](C)=[Zr+2].[Cl-].[Cl-].c1ccc(CCc2cc3c(-c4ccccc4)ccc(-c4ccccc4)c3[cH-]2)cc1.c1ccc(CCc2cc3c(-c4ccccc4)ccc(-c4ccccc4)c3[cH-]2)cc1. The standard InChI is InChI=1S/2C29H23.C2H6Si.2ClH.Zr/c2*1-4-10-22(11-5-1)16-17-23-20-28-26(24-12-6-2-7-13-24)18-19-27(29(28)21-23)25-14-8-3-9-15-25;1-3-2;;;/h2*1-15,18-21H,16-17H2;1-2H3;2*1H;/q2*-1;;;;+2/p-2. The Labute approximate surface area is 408 Å². The van der Waals surface area contributed by atoms with Crippen LogP contribution in [-0.4, -0.2) is 5.43 Å². The van der Waals surface area contributed by atoms with Gasteiger partial charge in [0, 0.05) is 0 Å². The van der Waals surface area contributed by atoms with Crippen LogP contribution in [0.5, 0.6) is 0 Å². The predicted octanol–water partition coefficient (Wildman–Crippen LogP) is 10.1. The zero-order valence-corrected chi connectivity index (χ0v) is 41.5. The summed E-state index contributed by atoms with van der Waals surface area (Å²) < 4.78 is 0. The molecule has 0 N–H and O–H groups in total. The molecule has 0 aliphatic rings. The Balaban J connectivity index is 0.000000191. The van der Waals surface area contributed by atoms with E-state index in [-0.39, 0.29) is 30.2 Å². The monoisotopic (exact) mass is 960 g/mol. The van der Waals surface area contributed by atoms with E-state index in [4.69, 9.17) is 0 Å². The first-order valence-corrected chi connectivity index (χ1v) is 27.9. The Kier molecular flexibility index (Phi) is 18.1. The van der Waals surface area contributed by atoms with E-state index < -0.39 is 0 Å². The summed E-state index contributed by atoms with van der Waals surface area (Å²) >= 11 is 1.74. The van der Waals surface area contributed by atoms with Crippen LogP contribution in [-0.2, 0) is 49.0 Å². The third-order valence-corrected chi connectivity index (χ3v) is 11.3. The molecule has 0 aromatic heterocycles. The van der Waals surface area contributed by atoms with Gasteiger partial charge in [-0.25, -0.2) is 0 Å². The predicted molar refractivity (Wildman–Crippen MR) is 266 cm³/mol. The van der Waals surface area contributed by atoms with Gasteiger partial charge in [0.25, 0.3) is 0 Å². The van der Waals surface area contributed by atoms with Crippen molar-refractivity contribution in [3.8, 4) is 44.5 Å². The second kappa shape index (κ2) is 24.1. The van der Waals surface area contributed by atoms with Crippen LogP contribution in [0.1, 0.15) is 22.3 Å². The molecule has 10 rings (SSSR count). The Morgan fingerprint density at radius 1 is 0.344 bits per heavy atom. The molecule has 0 amide bonds. The molecule has 0 aliphatic heterocycles. The zero-order valence-electron chi connectivity index (χ0n) is 36.5. The van der Waals surface area contributed by atoms with Gasteiger partial charge in [0.1, 0.15) is 0 Å². The summed E-state index contributed by atoms with van der Waals surface area (Å²) in [5.74, 6) is 0. The van der Waals surface area contributed by atoms with E-state index in [2.05, 4.69) is 244 Å². The summed E-state index contributed by atoms with van der Waals surface area (Å²) in [6.07, 6.45) is 4.25. The van der Waals surface area contributed by atoms with Crippen molar-refractivity contribution in [3.05, 3.63) is 253 Å². The maximum absolute atomic E-state index is 2.40. The fourth-order valence-electron chi connectivity index (χ4n) is 8.35. The zero-order chi connectivity index (χ0) is 42.5. The van der Waals surface area contributed by atoms with Crippen molar-refractivity contribution in [2.45, 2.75) is 38.8 Å². The van der Waals surface area contributed by atoms with Crippen LogP contribution in [0.15, 0.2) is 231 Å². The second-order valence-electron chi connectivity index (χ2n) is 16.1. The van der Waals surface area contributed by atoms with Gasteiger partial charge in [-0.2, -0.15) is 12.1 Å². The molecule has 0 saturated heterocycles. The maximum atomic E-state index is 2.40. The minimum Gasteiger partial charge on any atom is -1.00 e. The summed E-state index contributed by atoms with van der Waals surface area (Å²) in [4.78, 5) is 0. The topological polar surface area (TPSA) is 0 Å². The smallest absolute Gasteiger partial charge is 0.0254 e. The Morgan fingerprint density at radius 2 is 0.594 bits per heavy atom. The third kappa shape index (κ3) is 12.5. The first-order chi connectivity index (χ1) is 30.5. The molecule has 0 atom stereocenters. The number of hydrogen-bond acceptors (Lipinski definition) is 0. The van der Waals surface area contributed by atoms with Crippen LogP contribution in [0, 0.1) is 0 Å². The molecule has 0 radical (unpaired) electrons. The fourth-order valence-corrected chi connectivity index (χ4v) is 8.35. The number of benzene rings is 8. The van der Waals surface area contributed by atoms with Gasteiger partial charge >= 0.3 is 41.9 Å². The van der Waals surface area contributed by atoms with Crippen LogP contribution >= 0.6 is 0 Å². The van der Waals surface area contributed by atoms with E-state index in [9.17, 15) is 0 Å². The minimum absolute atomic E-state index is 0. The van der Waals surface area contributed by atoms with E-state index in [1.165, 1.54) is 88.3 Å². The molecule has 4 heteroatoms.